The molecule has 0 saturated carbocycles. The number of halogens is 1. The highest BCUT2D eigenvalue weighted by Crippen LogP contribution is 2.34. The normalized spacial score (nSPS) is 14.8. The first-order valence-corrected chi connectivity index (χ1v) is 8.14. The Morgan fingerprint density at radius 2 is 2.04 bits per heavy atom. The van der Waals surface area contributed by atoms with E-state index in [1.165, 1.54) is 6.07 Å². The second-order valence-corrected chi connectivity index (χ2v) is 6.65. The van der Waals surface area contributed by atoms with Gasteiger partial charge in [0.1, 0.15) is 10.7 Å². The number of anilines is 1. The fraction of sp³-hybridized carbons (Fsp3) is 0.286. The van der Waals surface area contributed by atoms with Gasteiger partial charge in [-0.3, -0.25) is 14.9 Å². The third kappa shape index (κ3) is 3.27. The number of carbonyl (C=O) groups excluding carboxylic acids is 1. The summed E-state index contributed by atoms with van der Waals surface area (Å²) in [5.74, 6) is 0.667. The second kappa shape index (κ2) is 6.51. The van der Waals surface area contributed by atoms with Crippen molar-refractivity contribution in [3.63, 3.8) is 0 Å². The van der Waals surface area contributed by atoms with Gasteiger partial charge < -0.3 is 9.80 Å². The smallest absolute Gasteiger partial charge is 0.299 e. The minimum Gasteiger partial charge on any atom is -0.353 e. The average molecular weight is 353 g/mol. The third-order valence-electron chi connectivity index (χ3n) is 3.62. The number of thiophene rings is 1. The van der Waals surface area contributed by atoms with Gasteiger partial charge in [-0.2, -0.15) is 0 Å². The Kier molecular flexibility index (Phi) is 4.44. The number of amides is 1. The molecular formula is C14H13ClN4O3S. The minimum absolute atomic E-state index is 0.0328. The van der Waals surface area contributed by atoms with Crippen LogP contribution in [0.3, 0.4) is 0 Å². The molecule has 1 aliphatic rings. The maximum absolute atomic E-state index is 12.5. The zero-order valence-corrected chi connectivity index (χ0v) is 13.6. The van der Waals surface area contributed by atoms with E-state index in [9.17, 15) is 14.9 Å². The van der Waals surface area contributed by atoms with E-state index in [0.717, 1.165) is 17.2 Å². The van der Waals surface area contributed by atoms with Crippen LogP contribution in [0.1, 0.15) is 9.67 Å². The first-order valence-electron chi connectivity index (χ1n) is 6.95. The molecule has 0 N–H and O–H groups in total. The van der Waals surface area contributed by atoms with E-state index in [0.29, 0.717) is 31.1 Å². The fourth-order valence-electron chi connectivity index (χ4n) is 2.42. The summed E-state index contributed by atoms with van der Waals surface area (Å²) in [6, 6.07) is 6.96. The fourth-order valence-corrected chi connectivity index (χ4v) is 3.62. The lowest BCUT2D eigenvalue weighted by molar-refractivity contribution is -0.384. The van der Waals surface area contributed by atoms with E-state index in [-0.39, 0.29) is 15.9 Å². The highest BCUT2D eigenvalue weighted by atomic mass is 35.5. The van der Waals surface area contributed by atoms with Crippen LogP contribution in [0, 0.1) is 10.1 Å². The Balaban J connectivity index is 1.67. The predicted octanol–water partition coefficient (Wildman–Crippen LogP) is 2.67. The molecule has 1 fully saturated rings. The average Bonchev–Trinajstić information content (AvgIpc) is 2.97. The lowest BCUT2D eigenvalue weighted by atomic mass is 10.3. The Bertz CT molecular complexity index is 729. The molecule has 0 radical (unpaired) electrons. The highest BCUT2D eigenvalue weighted by molar-refractivity contribution is 7.18. The SMILES string of the molecule is O=C(c1cc([N+](=O)[O-])c(Cl)s1)N1CCN(c2ccccn2)CC1. The van der Waals surface area contributed by atoms with Crippen molar-refractivity contribution in [3.05, 3.63) is 49.8 Å². The molecule has 2 aromatic heterocycles. The van der Waals surface area contributed by atoms with Gasteiger partial charge in [-0.25, -0.2) is 4.98 Å². The topological polar surface area (TPSA) is 79.6 Å². The molecule has 0 atom stereocenters. The number of nitrogens with zero attached hydrogens (tertiary/aromatic N) is 4. The number of rotatable bonds is 3. The predicted molar refractivity (Wildman–Crippen MR) is 88.3 cm³/mol. The van der Waals surface area contributed by atoms with Crippen molar-refractivity contribution >= 4 is 40.4 Å². The van der Waals surface area contributed by atoms with E-state index >= 15 is 0 Å². The van der Waals surface area contributed by atoms with E-state index in [1.54, 1.807) is 11.1 Å². The van der Waals surface area contributed by atoms with Gasteiger partial charge in [0.15, 0.2) is 4.34 Å². The number of hydrogen-bond donors (Lipinski definition) is 0. The summed E-state index contributed by atoms with van der Waals surface area (Å²) in [6.45, 7) is 2.42. The molecule has 1 amide bonds. The molecular weight excluding hydrogens is 340 g/mol. The Hall–Kier alpha value is -2.19. The number of aromatic nitrogens is 1. The van der Waals surface area contributed by atoms with Crippen molar-refractivity contribution in [1.82, 2.24) is 9.88 Å². The van der Waals surface area contributed by atoms with Gasteiger partial charge in [-0.05, 0) is 12.1 Å². The quantitative estimate of drug-likeness (QED) is 0.626. The van der Waals surface area contributed by atoms with Crippen LogP contribution in [0.2, 0.25) is 4.34 Å². The first kappa shape index (κ1) is 15.7. The lowest BCUT2D eigenvalue weighted by Gasteiger charge is -2.35. The Morgan fingerprint density at radius 1 is 1.30 bits per heavy atom. The molecule has 1 aliphatic heterocycles. The zero-order valence-electron chi connectivity index (χ0n) is 12.0. The van der Waals surface area contributed by atoms with Crippen LogP contribution in [0.4, 0.5) is 11.5 Å². The van der Waals surface area contributed by atoms with E-state index in [2.05, 4.69) is 9.88 Å². The summed E-state index contributed by atoms with van der Waals surface area (Å²) in [5, 5.41) is 10.8. The van der Waals surface area contributed by atoms with Gasteiger partial charge in [0.05, 0.1) is 4.92 Å². The summed E-state index contributed by atoms with van der Waals surface area (Å²) < 4.78 is 0.0328. The standard InChI is InChI=1S/C14H13ClN4O3S/c15-13-10(19(21)22)9-11(23-13)14(20)18-7-5-17(6-8-18)12-3-1-2-4-16-12/h1-4,9H,5-8H2. The summed E-state index contributed by atoms with van der Waals surface area (Å²) in [7, 11) is 0. The largest absolute Gasteiger partial charge is 0.353 e. The van der Waals surface area contributed by atoms with Crippen LogP contribution < -0.4 is 4.90 Å². The van der Waals surface area contributed by atoms with Crippen molar-refractivity contribution in [2.75, 3.05) is 31.1 Å². The van der Waals surface area contributed by atoms with Crippen molar-refractivity contribution < 1.29 is 9.72 Å². The molecule has 9 heteroatoms. The zero-order chi connectivity index (χ0) is 16.4. The summed E-state index contributed by atoms with van der Waals surface area (Å²) in [4.78, 5) is 31.1. The molecule has 120 valence electrons. The molecule has 0 aliphatic carbocycles. The molecule has 1 saturated heterocycles. The minimum atomic E-state index is -0.575. The Labute approximate surface area is 141 Å². The lowest BCUT2D eigenvalue weighted by Crippen LogP contribution is -2.48. The van der Waals surface area contributed by atoms with Crippen LogP contribution >= 0.6 is 22.9 Å². The summed E-state index contributed by atoms with van der Waals surface area (Å²) in [5.41, 5.74) is -0.216. The Morgan fingerprint density at radius 3 is 2.61 bits per heavy atom. The monoisotopic (exact) mass is 352 g/mol. The van der Waals surface area contributed by atoms with Crippen LogP contribution in [-0.2, 0) is 0 Å². The maximum atomic E-state index is 12.5. The molecule has 7 nitrogen and oxygen atoms in total. The molecule has 0 aromatic carbocycles. The van der Waals surface area contributed by atoms with Crippen molar-refractivity contribution in [3.8, 4) is 0 Å². The van der Waals surface area contributed by atoms with E-state index < -0.39 is 4.92 Å². The van der Waals surface area contributed by atoms with E-state index in [4.69, 9.17) is 11.6 Å². The number of carbonyl (C=O) groups is 1. The van der Waals surface area contributed by atoms with Crippen LogP contribution in [0.5, 0.6) is 0 Å². The van der Waals surface area contributed by atoms with Gasteiger partial charge in [-0.1, -0.05) is 17.7 Å². The van der Waals surface area contributed by atoms with Crippen LogP contribution in [0.15, 0.2) is 30.5 Å². The van der Waals surface area contributed by atoms with Gasteiger partial charge in [0.2, 0.25) is 0 Å². The first-order chi connectivity index (χ1) is 11.1. The maximum Gasteiger partial charge on any atom is 0.299 e. The van der Waals surface area contributed by atoms with Crippen molar-refractivity contribution in [2.24, 2.45) is 0 Å². The number of nitro groups is 1. The molecule has 2 aromatic rings. The van der Waals surface area contributed by atoms with Crippen molar-refractivity contribution in [1.29, 1.82) is 0 Å². The third-order valence-corrected chi connectivity index (χ3v) is 4.94. The molecule has 0 bridgehead atoms. The molecule has 23 heavy (non-hydrogen) atoms. The molecule has 0 spiro atoms. The number of hydrogen-bond acceptors (Lipinski definition) is 6. The second-order valence-electron chi connectivity index (χ2n) is 4.99. The van der Waals surface area contributed by atoms with Gasteiger partial charge >= 0.3 is 0 Å². The van der Waals surface area contributed by atoms with E-state index in [1.807, 2.05) is 18.2 Å². The van der Waals surface area contributed by atoms with Crippen LogP contribution in [0.25, 0.3) is 0 Å². The van der Waals surface area contributed by atoms with Gasteiger partial charge in [0.25, 0.3) is 11.6 Å². The molecule has 0 unspecified atom stereocenters. The van der Waals surface area contributed by atoms with Gasteiger partial charge in [0, 0.05) is 38.4 Å². The number of piperazine rings is 1. The molecule has 3 rings (SSSR count). The summed E-state index contributed by atoms with van der Waals surface area (Å²) in [6.07, 6.45) is 1.74. The summed E-state index contributed by atoms with van der Waals surface area (Å²) >= 11 is 6.76. The van der Waals surface area contributed by atoms with Crippen LogP contribution in [-0.4, -0.2) is 46.9 Å². The molecule has 3 heterocycles. The van der Waals surface area contributed by atoms with Crippen molar-refractivity contribution in [2.45, 2.75) is 0 Å². The van der Waals surface area contributed by atoms with Gasteiger partial charge in [-0.15, -0.1) is 11.3 Å². The number of pyridine rings is 1. The highest BCUT2D eigenvalue weighted by Gasteiger charge is 2.27.